The monoisotopic (exact) mass is 491 g/mol. The SMILES string of the molecule is CC/C(=C\C(=C(/C)OC(F)F)c1nn(CCNC)cc1NC(=O)c1cnn2cccnc12)SC. The molecule has 3 aromatic heterocycles. The number of nitrogens with one attached hydrogen (secondary N) is 2. The Labute approximate surface area is 200 Å². The highest BCUT2D eigenvalue weighted by Gasteiger charge is 2.21. The van der Waals surface area contributed by atoms with Crippen molar-refractivity contribution in [2.24, 2.45) is 0 Å². The maximum Gasteiger partial charge on any atom is 0.387 e. The summed E-state index contributed by atoms with van der Waals surface area (Å²) in [5.41, 5.74) is 1.72. The van der Waals surface area contributed by atoms with E-state index in [0.29, 0.717) is 42.1 Å². The summed E-state index contributed by atoms with van der Waals surface area (Å²) < 4.78 is 34.0. The number of hydrogen-bond donors (Lipinski definition) is 2. The standard InChI is InChI=1S/C22H27F2N7O2S/c1-5-15(34-4)11-16(14(2)33-22(23)24)19-18(13-30(29-19)10-8-25-3)28-21(32)17-12-27-31-9-6-7-26-20(17)31/h6-7,9,11-13,22,25H,5,8,10H2,1-4H3,(H,28,32)/b15-11+,16-14-. The van der Waals surface area contributed by atoms with Gasteiger partial charge < -0.3 is 15.4 Å². The van der Waals surface area contributed by atoms with Gasteiger partial charge in [0.2, 0.25) is 0 Å². The highest BCUT2D eigenvalue weighted by atomic mass is 32.2. The Bertz CT molecular complexity index is 1200. The summed E-state index contributed by atoms with van der Waals surface area (Å²) in [6, 6.07) is 1.71. The van der Waals surface area contributed by atoms with Crippen molar-refractivity contribution in [1.82, 2.24) is 29.7 Å². The van der Waals surface area contributed by atoms with E-state index >= 15 is 0 Å². The molecule has 182 valence electrons. The fourth-order valence-corrected chi connectivity index (χ4v) is 3.75. The normalized spacial score (nSPS) is 12.9. The van der Waals surface area contributed by atoms with Gasteiger partial charge in [0, 0.05) is 30.7 Å². The third-order valence-corrected chi connectivity index (χ3v) is 5.87. The lowest BCUT2D eigenvalue weighted by molar-refractivity contribution is -0.0947. The summed E-state index contributed by atoms with van der Waals surface area (Å²) in [5, 5.41) is 14.6. The summed E-state index contributed by atoms with van der Waals surface area (Å²) in [7, 11) is 1.81. The molecule has 3 aromatic rings. The van der Waals surface area contributed by atoms with Crippen molar-refractivity contribution in [3.8, 4) is 0 Å². The predicted molar refractivity (Wildman–Crippen MR) is 129 cm³/mol. The first-order valence-electron chi connectivity index (χ1n) is 10.6. The maximum absolute atomic E-state index is 13.1. The number of carbonyl (C=O) groups is 1. The van der Waals surface area contributed by atoms with Crippen molar-refractivity contribution in [1.29, 1.82) is 0 Å². The van der Waals surface area contributed by atoms with Gasteiger partial charge in [0.15, 0.2) is 5.65 Å². The van der Waals surface area contributed by atoms with Gasteiger partial charge in [-0.15, -0.1) is 11.8 Å². The van der Waals surface area contributed by atoms with E-state index in [2.05, 4.69) is 25.8 Å². The number of hydrogen-bond acceptors (Lipinski definition) is 7. The second-order valence-corrected chi connectivity index (χ2v) is 8.11. The molecule has 0 atom stereocenters. The van der Waals surface area contributed by atoms with Gasteiger partial charge in [0.25, 0.3) is 5.91 Å². The van der Waals surface area contributed by atoms with Crippen LogP contribution in [0.25, 0.3) is 11.2 Å². The Hall–Kier alpha value is -3.25. The number of ether oxygens (including phenoxy) is 1. The zero-order valence-corrected chi connectivity index (χ0v) is 20.2. The summed E-state index contributed by atoms with van der Waals surface area (Å²) in [6.45, 7) is 1.57. The van der Waals surface area contributed by atoms with Crippen molar-refractivity contribution >= 4 is 34.6 Å². The smallest absolute Gasteiger partial charge is 0.387 e. The number of amides is 1. The van der Waals surface area contributed by atoms with E-state index in [0.717, 1.165) is 4.91 Å². The van der Waals surface area contributed by atoms with Crippen LogP contribution in [0.3, 0.4) is 0 Å². The molecule has 0 aliphatic carbocycles. The first-order valence-corrected chi connectivity index (χ1v) is 11.8. The van der Waals surface area contributed by atoms with Gasteiger partial charge in [0.05, 0.1) is 18.4 Å². The molecule has 0 aliphatic rings. The highest BCUT2D eigenvalue weighted by Crippen LogP contribution is 2.31. The summed E-state index contributed by atoms with van der Waals surface area (Å²) in [6.07, 6.45) is 10.7. The molecule has 12 heteroatoms. The molecule has 3 rings (SSSR count). The molecule has 0 unspecified atom stereocenters. The third kappa shape index (κ3) is 6.00. The van der Waals surface area contributed by atoms with Gasteiger partial charge in [-0.2, -0.15) is 19.0 Å². The van der Waals surface area contributed by atoms with E-state index < -0.39 is 12.5 Å². The zero-order chi connectivity index (χ0) is 24.7. The van der Waals surface area contributed by atoms with Crippen LogP contribution >= 0.6 is 11.8 Å². The molecular formula is C22H27F2N7O2S. The van der Waals surface area contributed by atoms with Crippen molar-refractivity contribution in [2.75, 3.05) is 25.2 Å². The minimum atomic E-state index is -2.99. The number of alkyl halides is 2. The van der Waals surface area contributed by atoms with Crippen LogP contribution in [0.2, 0.25) is 0 Å². The molecule has 0 spiro atoms. The molecule has 9 nitrogen and oxygen atoms in total. The molecule has 0 fully saturated rings. The lowest BCUT2D eigenvalue weighted by Crippen LogP contribution is -2.15. The van der Waals surface area contributed by atoms with Crippen LogP contribution in [0.4, 0.5) is 14.5 Å². The molecule has 2 N–H and O–H groups in total. The Morgan fingerprint density at radius 1 is 1.38 bits per heavy atom. The average molecular weight is 492 g/mol. The fraction of sp³-hybridized carbons (Fsp3) is 0.364. The van der Waals surface area contributed by atoms with E-state index in [4.69, 9.17) is 4.74 Å². The fourth-order valence-electron chi connectivity index (χ4n) is 3.23. The number of allylic oxidation sites excluding steroid dienone is 4. The van der Waals surface area contributed by atoms with Gasteiger partial charge in [-0.1, -0.05) is 6.92 Å². The molecule has 0 aliphatic heterocycles. The molecule has 0 aromatic carbocycles. The van der Waals surface area contributed by atoms with Gasteiger partial charge in [-0.05, 0) is 43.7 Å². The van der Waals surface area contributed by atoms with Crippen LogP contribution < -0.4 is 10.6 Å². The minimum Gasteiger partial charge on any atom is -0.439 e. The number of rotatable bonds is 11. The van der Waals surface area contributed by atoms with Gasteiger partial charge in [-0.25, -0.2) is 9.50 Å². The molecule has 0 saturated heterocycles. The van der Waals surface area contributed by atoms with Gasteiger partial charge >= 0.3 is 6.61 Å². The van der Waals surface area contributed by atoms with Crippen molar-refractivity contribution in [2.45, 2.75) is 33.4 Å². The second kappa shape index (κ2) is 11.7. The summed E-state index contributed by atoms with van der Waals surface area (Å²) in [4.78, 5) is 18.3. The maximum atomic E-state index is 13.1. The number of aromatic nitrogens is 5. The van der Waals surface area contributed by atoms with Gasteiger partial charge in [-0.3, -0.25) is 9.48 Å². The van der Waals surface area contributed by atoms with Crippen LogP contribution in [0.1, 0.15) is 36.3 Å². The van der Waals surface area contributed by atoms with Crippen molar-refractivity contribution in [3.05, 3.63) is 58.9 Å². The Kier molecular flexibility index (Phi) is 8.77. The van der Waals surface area contributed by atoms with E-state index in [1.807, 2.05) is 20.2 Å². The van der Waals surface area contributed by atoms with Crippen LogP contribution in [0, 0.1) is 0 Å². The Morgan fingerprint density at radius 2 is 2.18 bits per heavy atom. The van der Waals surface area contributed by atoms with E-state index in [-0.39, 0.29) is 11.3 Å². The number of fused-ring (bicyclic) bond motifs is 1. The summed E-state index contributed by atoms with van der Waals surface area (Å²) in [5.74, 6) is -0.443. The topological polar surface area (TPSA) is 98.4 Å². The second-order valence-electron chi connectivity index (χ2n) is 7.17. The first-order chi connectivity index (χ1) is 16.4. The van der Waals surface area contributed by atoms with Crippen molar-refractivity contribution in [3.63, 3.8) is 0 Å². The Balaban J connectivity index is 2.08. The lowest BCUT2D eigenvalue weighted by atomic mass is 10.1. The van der Waals surface area contributed by atoms with Crippen LogP contribution in [0.5, 0.6) is 0 Å². The number of carbonyl (C=O) groups excluding carboxylic acids is 1. The predicted octanol–water partition coefficient (Wildman–Crippen LogP) is 4.02. The molecule has 0 saturated carbocycles. The lowest BCUT2D eigenvalue weighted by Gasteiger charge is -2.12. The number of nitrogens with zero attached hydrogens (tertiary/aromatic N) is 5. The molecule has 0 radical (unpaired) electrons. The quantitative estimate of drug-likeness (QED) is 0.309. The Morgan fingerprint density at radius 3 is 2.85 bits per heavy atom. The van der Waals surface area contributed by atoms with Crippen LogP contribution in [0.15, 0.2) is 47.6 Å². The molecule has 1 amide bonds. The first kappa shape index (κ1) is 25.4. The number of thioether (sulfide) groups is 1. The van der Waals surface area contributed by atoms with Crippen LogP contribution in [-0.4, -0.2) is 56.7 Å². The van der Waals surface area contributed by atoms with E-state index in [9.17, 15) is 13.6 Å². The highest BCUT2D eigenvalue weighted by molar-refractivity contribution is 8.02. The zero-order valence-electron chi connectivity index (χ0n) is 19.4. The van der Waals surface area contributed by atoms with Crippen molar-refractivity contribution < 1.29 is 18.3 Å². The molecular weight excluding hydrogens is 464 g/mol. The third-order valence-electron chi connectivity index (χ3n) is 4.94. The molecule has 3 heterocycles. The van der Waals surface area contributed by atoms with E-state index in [1.165, 1.54) is 29.4 Å². The summed E-state index contributed by atoms with van der Waals surface area (Å²) >= 11 is 1.50. The molecule has 0 bridgehead atoms. The van der Waals surface area contributed by atoms with Gasteiger partial charge in [0.1, 0.15) is 17.0 Å². The number of likely N-dealkylation sites (N-methyl/N-ethyl adjacent to an activating group) is 1. The average Bonchev–Trinajstić information content (AvgIpc) is 3.42. The minimum absolute atomic E-state index is 0.00187. The number of halogens is 2. The molecule has 34 heavy (non-hydrogen) atoms. The van der Waals surface area contributed by atoms with Crippen LogP contribution in [-0.2, 0) is 11.3 Å². The number of anilines is 1. The van der Waals surface area contributed by atoms with E-state index in [1.54, 1.807) is 35.4 Å². The largest absolute Gasteiger partial charge is 0.439 e.